The summed E-state index contributed by atoms with van der Waals surface area (Å²) in [6.45, 7) is 1.78. The highest BCUT2D eigenvalue weighted by Crippen LogP contribution is 2.33. The van der Waals surface area contributed by atoms with Crippen molar-refractivity contribution < 1.29 is 22.7 Å². The summed E-state index contributed by atoms with van der Waals surface area (Å²) >= 11 is 0. The molecule has 174 valence electrons. The highest BCUT2D eigenvalue weighted by Gasteiger charge is 2.34. The highest BCUT2D eigenvalue weighted by atomic mass is 32.2. The summed E-state index contributed by atoms with van der Waals surface area (Å²) in [7, 11) is -0.961. The molecule has 2 aromatic rings. The fraction of sp³-hybridized carbons (Fsp3) is 0.458. The van der Waals surface area contributed by atoms with Crippen molar-refractivity contribution in [2.75, 3.05) is 26.1 Å². The topological polar surface area (TPSA) is 84.9 Å². The van der Waals surface area contributed by atoms with Crippen LogP contribution in [0.15, 0.2) is 47.4 Å². The second-order valence-electron chi connectivity index (χ2n) is 7.92. The molecule has 7 nitrogen and oxygen atoms in total. The highest BCUT2D eigenvalue weighted by molar-refractivity contribution is 7.89. The summed E-state index contributed by atoms with van der Waals surface area (Å²) in [5, 5.41) is 2.91. The molecular weight excluding hydrogens is 428 g/mol. The van der Waals surface area contributed by atoms with Crippen LogP contribution in [-0.2, 0) is 21.2 Å². The minimum Gasteiger partial charge on any atom is -0.493 e. The third-order valence-corrected chi connectivity index (χ3v) is 7.81. The number of para-hydroxylation sites is 1. The van der Waals surface area contributed by atoms with E-state index in [2.05, 4.69) is 5.32 Å². The van der Waals surface area contributed by atoms with E-state index < -0.39 is 10.0 Å². The number of hydrogen-bond donors (Lipinski definition) is 1. The average Bonchev–Trinajstić information content (AvgIpc) is 2.82. The van der Waals surface area contributed by atoms with Crippen molar-refractivity contribution >= 4 is 21.6 Å². The lowest BCUT2D eigenvalue weighted by molar-refractivity contribution is -0.116. The number of rotatable bonds is 9. The normalized spacial score (nSPS) is 14.9. The van der Waals surface area contributed by atoms with Crippen molar-refractivity contribution in [2.45, 2.75) is 56.4 Å². The zero-order valence-electron chi connectivity index (χ0n) is 19.0. The molecule has 32 heavy (non-hydrogen) atoms. The number of benzene rings is 2. The molecule has 8 heteroatoms. The van der Waals surface area contributed by atoms with Gasteiger partial charge in [-0.1, -0.05) is 44.4 Å². The Bertz CT molecular complexity index is 1030. The van der Waals surface area contributed by atoms with Crippen LogP contribution in [0.3, 0.4) is 0 Å². The molecule has 0 radical (unpaired) electrons. The van der Waals surface area contributed by atoms with Crippen LogP contribution in [-0.4, -0.2) is 45.4 Å². The molecule has 0 saturated heterocycles. The van der Waals surface area contributed by atoms with Gasteiger partial charge in [0.05, 0.1) is 25.7 Å². The summed E-state index contributed by atoms with van der Waals surface area (Å²) < 4.78 is 39.2. The van der Waals surface area contributed by atoms with Crippen molar-refractivity contribution in [1.82, 2.24) is 4.31 Å². The van der Waals surface area contributed by atoms with Gasteiger partial charge in [0.15, 0.2) is 11.5 Å². The fourth-order valence-electron chi connectivity index (χ4n) is 4.17. The molecule has 1 aliphatic carbocycles. The molecule has 1 amide bonds. The van der Waals surface area contributed by atoms with Gasteiger partial charge < -0.3 is 14.8 Å². The minimum atomic E-state index is -3.92. The van der Waals surface area contributed by atoms with E-state index in [9.17, 15) is 13.2 Å². The molecule has 1 N–H and O–H groups in total. The Balaban J connectivity index is 1.90. The molecule has 3 rings (SSSR count). The average molecular weight is 461 g/mol. The molecule has 0 aromatic heterocycles. The molecule has 0 spiro atoms. The Hall–Kier alpha value is -2.58. The lowest BCUT2D eigenvalue weighted by atomic mass is 9.95. The van der Waals surface area contributed by atoms with Gasteiger partial charge in [-0.25, -0.2) is 8.42 Å². The number of hydrogen-bond acceptors (Lipinski definition) is 5. The van der Waals surface area contributed by atoms with E-state index in [0.717, 1.165) is 44.1 Å². The largest absolute Gasteiger partial charge is 0.493 e. The smallest absolute Gasteiger partial charge is 0.243 e. The number of sulfonamides is 1. The van der Waals surface area contributed by atoms with Crippen LogP contribution in [0.4, 0.5) is 5.69 Å². The number of anilines is 1. The third-order valence-electron chi connectivity index (χ3n) is 5.92. The first-order valence-corrected chi connectivity index (χ1v) is 12.5. The van der Waals surface area contributed by atoms with E-state index >= 15 is 0 Å². The van der Waals surface area contributed by atoms with Crippen LogP contribution < -0.4 is 14.8 Å². The van der Waals surface area contributed by atoms with Gasteiger partial charge >= 0.3 is 0 Å². The number of nitrogens with one attached hydrogen (secondary N) is 1. The standard InChI is InChI=1S/C24H32N2O5S/c1-4-18-10-8-9-13-21(18)25-24(27)17-26(19-11-6-5-7-12-19)32(28,29)20-14-15-22(30-2)23(16-20)31-3/h8-10,13-16,19H,4-7,11-12,17H2,1-3H3,(H,25,27). The molecule has 0 bridgehead atoms. The summed E-state index contributed by atoms with van der Waals surface area (Å²) in [6.07, 6.45) is 5.23. The van der Waals surface area contributed by atoms with Crippen LogP contribution >= 0.6 is 0 Å². The fourth-order valence-corrected chi connectivity index (χ4v) is 5.83. The van der Waals surface area contributed by atoms with Gasteiger partial charge in [-0.15, -0.1) is 0 Å². The van der Waals surface area contributed by atoms with Gasteiger partial charge in [-0.2, -0.15) is 4.31 Å². The van der Waals surface area contributed by atoms with Gasteiger partial charge in [0.1, 0.15) is 0 Å². The van der Waals surface area contributed by atoms with E-state index in [0.29, 0.717) is 17.2 Å². The van der Waals surface area contributed by atoms with Gasteiger partial charge in [0, 0.05) is 17.8 Å². The number of amides is 1. The van der Waals surface area contributed by atoms with Crippen LogP contribution in [0, 0.1) is 0 Å². The molecule has 1 fully saturated rings. The van der Waals surface area contributed by atoms with E-state index in [4.69, 9.17) is 9.47 Å². The Morgan fingerprint density at radius 1 is 1.03 bits per heavy atom. The second-order valence-corrected chi connectivity index (χ2v) is 9.81. The van der Waals surface area contributed by atoms with Crippen LogP contribution in [0.5, 0.6) is 11.5 Å². The van der Waals surface area contributed by atoms with E-state index in [-0.39, 0.29) is 23.4 Å². The van der Waals surface area contributed by atoms with Crippen molar-refractivity contribution in [3.05, 3.63) is 48.0 Å². The molecule has 1 aliphatic rings. The van der Waals surface area contributed by atoms with E-state index in [1.54, 1.807) is 6.07 Å². The third kappa shape index (κ3) is 5.42. The van der Waals surface area contributed by atoms with Crippen molar-refractivity contribution in [2.24, 2.45) is 0 Å². The lowest BCUT2D eigenvalue weighted by Gasteiger charge is -2.33. The zero-order valence-corrected chi connectivity index (χ0v) is 19.8. The van der Waals surface area contributed by atoms with Crippen LogP contribution in [0.25, 0.3) is 0 Å². The van der Waals surface area contributed by atoms with Crippen molar-refractivity contribution in [3.63, 3.8) is 0 Å². The van der Waals surface area contributed by atoms with Crippen molar-refractivity contribution in [1.29, 1.82) is 0 Å². The zero-order chi connectivity index (χ0) is 23.1. The Morgan fingerprint density at radius 3 is 2.38 bits per heavy atom. The summed E-state index contributed by atoms with van der Waals surface area (Å²) in [5.41, 5.74) is 1.72. The molecule has 2 aromatic carbocycles. The van der Waals surface area contributed by atoms with Gasteiger partial charge in [0.25, 0.3) is 0 Å². The summed E-state index contributed by atoms with van der Waals surface area (Å²) in [4.78, 5) is 13.1. The first-order chi connectivity index (χ1) is 15.4. The molecular formula is C24H32N2O5S. The minimum absolute atomic E-state index is 0.0856. The number of nitrogens with zero attached hydrogens (tertiary/aromatic N) is 1. The van der Waals surface area contributed by atoms with Crippen LogP contribution in [0.2, 0.25) is 0 Å². The van der Waals surface area contributed by atoms with Crippen LogP contribution in [0.1, 0.15) is 44.6 Å². The Kier molecular flexibility index (Phi) is 8.15. The Labute approximate surface area is 190 Å². The van der Waals surface area contributed by atoms with Gasteiger partial charge in [-0.05, 0) is 43.0 Å². The SMILES string of the molecule is CCc1ccccc1NC(=O)CN(C1CCCCC1)S(=O)(=O)c1ccc(OC)c(OC)c1. The maximum Gasteiger partial charge on any atom is 0.243 e. The first-order valence-electron chi connectivity index (χ1n) is 11.0. The van der Waals surface area contributed by atoms with Gasteiger partial charge in [0.2, 0.25) is 15.9 Å². The number of ether oxygens (including phenoxy) is 2. The molecule has 0 unspecified atom stereocenters. The second kappa shape index (κ2) is 10.8. The Morgan fingerprint density at radius 2 is 1.72 bits per heavy atom. The maximum absolute atomic E-state index is 13.7. The predicted octanol–water partition coefficient (Wildman–Crippen LogP) is 4.23. The predicted molar refractivity (Wildman–Crippen MR) is 125 cm³/mol. The summed E-state index contributed by atoms with van der Waals surface area (Å²) in [6, 6.07) is 11.9. The molecule has 1 saturated carbocycles. The quantitative estimate of drug-likeness (QED) is 0.605. The lowest BCUT2D eigenvalue weighted by Crippen LogP contribution is -2.45. The first kappa shape index (κ1) is 24.1. The maximum atomic E-state index is 13.7. The van der Waals surface area contributed by atoms with Gasteiger partial charge in [-0.3, -0.25) is 4.79 Å². The molecule has 0 atom stereocenters. The number of methoxy groups -OCH3 is 2. The summed E-state index contributed by atoms with van der Waals surface area (Å²) in [5.74, 6) is 0.434. The van der Waals surface area contributed by atoms with Crippen molar-refractivity contribution in [3.8, 4) is 11.5 Å². The molecule has 0 heterocycles. The molecule has 0 aliphatic heterocycles. The number of carbonyl (C=O) groups is 1. The van der Waals surface area contributed by atoms with E-state index in [1.165, 1.54) is 30.7 Å². The monoisotopic (exact) mass is 460 g/mol. The number of carbonyl (C=O) groups excluding carboxylic acids is 1. The van der Waals surface area contributed by atoms with E-state index in [1.807, 2.05) is 31.2 Å². The number of aryl methyl sites for hydroxylation is 1.